The van der Waals surface area contributed by atoms with E-state index in [2.05, 4.69) is 0 Å². The maximum Gasteiger partial charge on any atom is 0.307 e. The first-order chi connectivity index (χ1) is 8.25. The van der Waals surface area contributed by atoms with Crippen LogP contribution in [0, 0.1) is 0 Å². The third-order valence-corrected chi connectivity index (χ3v) is 2.29. The summed E-state index contributed by atoms with van der Waals surface area (Å²) in [6, 6.07) is 16.5. The number of hydrogen-bond acceptors (Lipinski definition) is 2. The van der Waals surface area contributed by atoms with Crippen molar-refractivity contribution in [1.82, 2.24) is 0 Å². The summed E-state index contributed by atoms with van der Waals surface area (Å²) in [5.74, 6) is 0.417. The van der Waals surface area contributed by atoms with Gasteiger partial charge in [0.1, 0.15) is 11.5 Å². The molecule has 0 bridgehead atoms. The van der Waals surface area contributed by atoms with Crippen molar-refractivity contribution in [1.29, 1.82) is 0 Å². The molecule has 0 radical (unpaired) electrons. The molecule has 0 aliphatic heterocycles. The lowest BCUT2D eigenvalue weighted by atomic mass is 10.1. The zero-order chi connectivity index (χ0) is 12.1. The second kappa shape index (κ2) is 6.71. The third kappa shape index (κ3) is 3.82. The fraction of sp³-hybridized carbons (Fsp3) is 0.0714. The Kier molecular flexibility index (Phi) is 5.27. The number of benzene rings is 2. The molecule has 94 valence electrons. The number of carbonyl (C=O) groups is 1. The topological polar surface area (TPSA) is 46.5 Å². The highest BCUT2D eigenvalue weighted by Gasteiger charge is 2.07. The number of hydrogen-bond donors (Lipinski definition) is 1. The van der Waals surface area contributed by atoms with Crippen molar-refractivity contribution in [2.45, 2.75) is 6.42 Å². The van der Waals surface area contributed by atoms with Crippen LogP contribution < -0.4 is 4.74 Å². The molecule has 0 saturated heterocycles. The quantitative estimate of drug-likeness (QED) is 0.920. The Morgan fingerprint density at radius 2 is 1.61 bits per heavy atom. The van der Waals surface area contributed by atoms with Gasteiger partial charge in [-0.2, -0.15) is 13.5 Å². The van der Waals surface area contributed by atoms with Gasteiger partial charge in [-0.3, -0.25) is 4.79 Å². The Morgan fingerprint density at radius 3 is 2.28 bits per heavy atom. The summed E-state index contributed by atoms with van der Waals surface area (Å²) in [5, 5.41) is 8.80. The molecule has 18 heavy (non-hydrogen) atoms. The van der Waals surface area contributed by atoms with E-state index in [4.69, 9.17) is 9.84 Å². The SMILES string of the molecule is O=C(O)Cc1ccccc1Oc1ccccc1.S. The van der Waals surface area contributed by atoms with Gasteiger partial charge in [-0.15, -0.1) is 0 Å². The van der Waals surface area contributed by atoms with E-state index in [-0.39, 0.29) is 19.9 Å². The van der Waals surface area contributed by atoms with Crippen LogP contribution in [0.4, 0.5) is 0 Å². The normalized spacial score (nSPS) is 9.33. The molecule has 1 N–H and O–H groups in total. The van der Waals surface area contributed by atoms with Crippen LogP contribution in [0.2, 0.25) is 0 Å². The Balaban J connectivity index is 0.00000162. The highest BCUT2D eigenvalue weighted by Crippen LogP contribution is 2.25. The maximum atomic E-state index is 10.7. The van der Waals surface area contributed by atoms with Gasteiger partial charge in [-0.05, 0) is 18.2 Å². The van der Waals surface area contributed by atoms with Gasteiger partial charge in [-0.1, -0.05) is 36.4 Å². The third-order valence-electron chi connectivity index (χ3n) is 2.29. The van der Waals surface area contributed by atoms with Crippen molar-refractivity contribution in [2.24, 2.45) is 0 Å². The predicted molar refractivity (Wildman–Crippen MR) is 74.7 cm³/mol. The van der Waals surface area contributed by atoms with Crippen LogP contribution >= 0.6 is 13.5 Å². The highest BCUT2D eigenvalue weighted by atomic mass is 32.1. The summed E-state index contributed by atoms with van der Waals surface area (Å²) in [7, 11) is 0. The Hall–Kier alpha value is -1.94. The lowest BCUT2D eigenvalue weighted by Crippen LogP contribution is -2.01. The lowest BCUT2D eigenvalue weighted by molar-refractivity contribution is -0.136. The molecule has 4 heteroatoms. The van der Waals surface area contributed by atoms with Crippen LogP contribution in [-0.4, -0.2) is 11.1 Å². The van der Waals surface area contributed by atoms with Gasteiger partial charge in [0, 0.05) is 5.56 Å². The summed E-state index contributed by atoms with van der Waals surface area (Å²) in [5.41, 5.74) is 0.670. The molecule has 2 aromatic rings. The molecular formula is C14H14O3S. The molecule has 0 saturated carbocycles. The van der Waals surface area contributed by atoms with Crippen LogP contribution in [-0.2, 0) is 11.2 Å². The van der Waals surface area contributed by atoms with E-state index in [9.17, 15) is 4.79 Å². The molecule has 0 aromatic heterocycles. The van der Waals surface area contributed by atoms with E-state index in [0.29, 0.717) is 17.1 Å². The first-order valence-corrected chi connectivity index (χ1v) is 5.28. The minimum atomic E-state index is -0.867. The van der Waals surface area contributed by atoms with Crippen molar-refractivity contribution >= 4 is 19.5 Å². The molecule has 0 amide bonds. The van der Waals surface area contributed by atoms with E-state index in [1.807, 2.05) is 36.4 Å². The number of rotatable bonds is 4. The molecule has 0 fully saturated rings. The Labute approximate surface area is 112 Å². The predicted octanol–water partition coefficient (Wildman–Crippen LogP) is 3.22. The molecule has 3 nitrogen and oxygen atoms in total. The molecule has 2 aromatic carbocycles. The first kappa shape index (κ1) is 14.1. The van der Waals surface area contributed by atoms with Crippen molar-refractivity contribution in [3.8, 4) is 11.5 Å². The molecule has 0 atom stereocenters. The van der Waals surface area contributed by atoms with Crippen LogP contribution in [0.25, 0.3) is 0 Å². The Bertz CT molecular complexity index is 511. The summed E-state index contributed by atoms with van der Waals surface area (Å²) >= 11 is 0. The van der Waals surface area contributed by atoms with Gasteiger partial charge in [0.25, 0.3) is 0 Å². The zero-order valence-electron chi connectivity index (χ0n) is 9.67. The summed E-state index contributed by atoms with van der Waals surface area (Å²) in [6.45, 7) is 0. The summed E-state index contributed by atoms with van der Waals surface area (Å²) < 4.78 is 5.65. The maximum absolute atomic E-state index is 10.7. The molecular weight excluding hydrogens is 248 g/mol. The molecule has 0 spiro atoms. The molecule has 0 heterocycles. The Morgan fingerprint density at radius 1 is 1.00 bits per heavy atom. The molecule has 2 rings (SSSR count). The van der Waals surface area contributed by atoms with Gasteiger partial charge in [0.15, 0.2) is 0 Å². The fourth-order valence-electron chi connectivity index (χ4n) is 1.53. The van der Waals surface area contributed by atoms with E-state index in [0.717, 1.165) is 0 Å². The molecule has 0 aliphatic rings. The lowest BCUT2D eigenvalue weighted by Gasteiger charge is -2.09. The van der Waals surface area contributed by atoms with Crippen LogP contribution in [0.5, 0.6) is 11.5 Å². The van der Waals surface area contributed by atoms with Crippen molar-refractivity contribution in [3.05, 3.63) is 60.2 Å². The number of ether oxygens (including phenoxy) is 1. The van der Waals surface area contributed by atoms with E-state index < -0.39 is 5.97 Å². The van der Waals surface area contributed by atoms with Gasteiger partial charge in [-0.25, -0.2) is 0 Å². The average molecular weight is 262 g/mol. The van der Waals surface area contributed by atoms with E-state index >= 15 is 0 Å². The smallest absolute Gasteiger partial charge is 0.307 e. The summed E-state index contributed by atoms with van der Waals surface area (Å²) in [6.07, 6.45) is -0.0387. The number of para-hydroxylation sites is 2. The molecule has 0 unspecified atom stereocenters. The average Bonchev–Trinajstić information content (AvgIpc) is 2.32. The highest BCUT2D eigenvalue weighted by molar-refractivity contribution is 7.59. The van der Waals surface area contributed by atoms with Crippen LogP contribution in [0.3, 0.4) is 0 Å². The van der Waals surface area contributed by atoms with Gasteiger partial charge in [0.05, 0.1) is 6.42 Å². The minimum absolute atomic E-state index is 0. The summed E-state index contributed by atoms with van der Waals surface area (Å²) in [4.78, 5) is 10.7. The van der Waals surface area contributed by atoms with Crippen molar-refractivity contribution in [2.75, 3.05) is 0 Å². The second-order valence-corrected chi connectivity index (χ2v) is 3.59. The number of carboxylic acid groups (broad SMARTS) is 1. The zero-order valence-corrected chi connectivity index (χ0v) is 10.7. The fourth-order valence-corrected chi connectivity index (χ4v) is 1.53. The standard InChI is InChI=1S/C14H12O3.H2S/c15-14(16)10-11-6-4-5-9-13(11)17-12-7-2-1-3-8-12;/h1-9H,10H2,(H,15,16);1H2. The van der Waals surface area contributed by atoms with E-state index in [1.165, 1.54) is 0 Å². The van der Waals surface area contributed by atoms with Crippen LogP contribution in [0.15, 0.2) is 54.6 Å². The van der Waals surface area contributed by atoms with Crippen LogP contribution in [0.1, 0.15) is 5.56 Å². The monoisotopic (exact) mass is 262 g/mol. The van der Waals surface area contributed by atoms with Gasteiger partial charge in [0.2, 0.25) is 0 Å². The molecule has 0 aliphatic carbocycles. The van der Waals surface area contributed by atoms with Gasteiger partial charge >= 0.3 is 5.97 Å². The number of carboxylic acids is 1. The second-order valence-electron chi connectivity index (χ2n) is 3.59. The van der Waals surface area contributed by atoms with Crippen molar-refractivity contribution in [3.63, 3.8) is 0 Å². The van der Waals surface area contributed by atoms with Crippen molar-refractivity contribution < 1.29 is 14.6 Å². The largest absolute Gasteiger partial charge is 0.481 e. The first-order valence-electron chi connectivity index (χ1n) is 5.28. The van der Waals surface area contributed by atoms with Gasteiger partial charge < -0.3 is 9.84 Å². The number of aliphatic carboxylic acids is 1. The van der Waals surface area contributed by atoms with E-state index in [1.54, 1.807) is 18.2 Å². The minimum Gasteiger partial charge on any atom is -0.481 e.